The van der Waals surface area contributed by atoms with Gasteiger partial charge in [-0.25, -0.2) is 0 Å². The van der Waals surface area contributed by atoms with E-state index in [1.54, 1.807) is 7.11 Å². The van der Waals surface area contributed by atoms with Crippen LogP contribution in [0.1, 0.15) is 22.6 Å². The van der Waals surface area contributed by atoms with Crippen molar-refractivity contribution in [3.05, 3.63) is 66.2 Å². The molecule has 0 aliphatic carbocycles. The highest BCUT2D eigenvalue weighted by Gasteiger charge is 2.12. The first kappa shape index (κ1) is 18.2. The van der Waals surface area contributed by atoms with Crippen LogP contribution in [0.2, 0.25) is 0 Å². The largest absolute Gasteiger partial charge is 0.383 e. The molecule has 4 aromatic rings. The van der Waals surface area contributed by atoms with E-state index in [0.29, 0.717) is 18.7 Å². The number of fused-ring (bicyclic) bond motifs is 2. The van der Waals surface area contributed by atoms with E-state index in [9.17, 15) is 4.79 Å². The van der Waals surface area contributed by atoms with Crippen LogP contribution in [0.5, 0.6) is 0 Å². The Hall–Kier alpha value is -3.19. The second-order valence-corrected chi connectivity index (χ2v) is 6.64. The number of hydrogen-bond donors (Lipinski definition) is 1. The lowest BCUT2D eigenvalue weighted by Crippen LogP contribution is -2.25. The van der Waals surface area contributed by atoms with Crippen LogP contribution in [0.4, 0.5) is 0 Å². The van der Waals surface area contributed by atoms with E-state index in [0.717, 1.165) is 41.8 Å². The van der Waals surface area contributed by atoms with Crippen LogP contribution in [0.15, 0.2) is 54.9 Å². The summed E-state index contributed by atoms with van der Waals surface area (Å²) in [4.78, 5) is 12.7. The summed E-state index contributed by atoms with van der Waals surface area (Å²) in [6.07, 6.45) is 5.50. The van der Waals surface area contributed by atoms with E-state index in [1.807, 2.05) is 59.3 Å². The van der Waals surface area contributed by atoms with Crippen molar-refractivity contribution in [3.63, 3.8) is 0 Å². The van der Waals surface area contributed by atoms with Crippen LogP contribution in [-0.2, 0) is 17.7 Å². The molecule has 4 rings (SSSR count). The third-order valence-corrected chi connectivity index (χ3v) is 4.84. The zero-order chi connectivity index (χ0) is 19.3. The number of amides is 1. The summed E-state index contributed by atoms with van der Waals surface area (Å²) in [6.45, 7) is 1.98. The van der Waals surface area contributed by atoms with Crippen LogP contribution < -0.4 is 5.32 Å². The van der Waals surface area contributed by atoms with Crippen LogP contribution >= 0.6 is 0 Å². The van der Waals surface area contributed by atoms with E-state index in [4.69, 9.17) is 4.74 Å². The van der Waals surface area contributed by atoms with Crippen molar-refractivity contribution in [3.8, 4) is 0 Å². The monoisotopic (exact) mass is 377 g/mol. The molecule has 0 aliphatic rings. The van der Waals surface area contributed by atoms with E-state index in [-0.39, 0.29) is 5.91 Å². The Labute approximate surface area is 162 Å². The quantitative estimate of drug-likeness (QED) is 0.479. The van der Waals surface area contributed by atoms with Gasteiger partial charge in [0.25, 0.3) is 5.91 Å². The van der Waals surface area contributed by atoms with Gasteiger partial charge in [-0.1, -0.05) is 12.1 Å². The van der Waals surface area contributed by atoms with E-state index >= 15 is 0 Å². The Balaban J connectivity index is 1.38. The van der Waals surface area contributed by atoms with Gasteiger partial charge >= 0.3 is 0 Å². The van der Waals surface area contributed by atoms with Crippen molar-refractivity contribution in [2.24, 2.45) is 0 Å². The molecular weight excluding hydrogens is 354 g/mol. The molecule has 7 nitrogen and oxygen atoms in total. The lowest BCUT2D eigenvalue weighted by Gasteiger charge is -2.08. The van der Waals surface area contributed by atoms with Crippen LogP contribution in [-0.4, -0.2) is 45.3 Å². The van der Waals surface area contributed by atoms with Gasteiger partial charge < -0.3 is 14.6 Å². The summed E-state index contributed by atoms with van der Waals surface area (Å²) in [6, 6.07) is 13.6. The molecule has 1 aromatic carbocycles. The molecule has 7 heteroatoms. The summed E-state index contributed by atoms with van der Waals surface area (Å²) in [7, 11) is 1.69. The molecule has 0 fully saturated rings. The maximum Gasteiger partial charge on any atom is 0.251 e. The van der Waals surface area contributed by atoms with Gasteiger partial charge in [-0.2, -0.15) is 0 Å². The fourth-order valence-corrected chi connectivity index (χ4v) is 3.41. The predicted molar refractivity (Wildman–Crippen MR) is 107 cm³/mol. The lowest BCUT2D eigenvalue weighted by atomic mass is 10.1. The number of carbonyl (C=O) groups excluding carboxylic acids is 1. The Bertz CT molecular complexity index is 1100. The van der Waals surface area contributed by atoms with Crippen LogP contribution in [0.3, 0.4) is 0 Å². The number of nitrogens with one attached hydrogen (secondary N) is 1. The average Bonchev–Trinajstić information content (AvgIpc) is 3.33. The summed E-state index contributed by atoms with van der Waals surface area (Å²) >= 11 is 0. The van der Waals surface area contributed by atoms with Gasteiger partial charge in [0, 0.05) is 55.5 Å². The van der Waals surface area contributed by atoms with Crippen molar-refractivity contribution in [1.82, 2.24) is 24.5 Å². The van der Waals surface area contributed by atoms with Gasteiger partial charge in [0.1, 0.15) is 5.82 Å². The number of aromatic nitrogens is 4. The number of hydrogen-bond acceptors (Lipinski definition) is 4. The molecule has 0 saturated carbocycles. The molecule has 0 aliphatic heterocycles. The first-order valence-electron chi connectivity index (χ1n) is 9.41. The molecule has 0 atom stereocenters. The molecule has 1 amide bonds. The minimum Gasteiger partial charge on any atom is -0.383 e. The zero-order valence-electron chi connectivity index (χ0n) is 15.8. The molecule has 0 unspecified atom stereocenters. The van der Waals surface area contributed by atoms with E-state index in [2.05, 4.69) is 20.1 Å². The normalized spacial score (nSPS) is 11.3. The fourth-order valence-electron chi connectivity index (χ4n) is 3.41. The second-order valence-electron chi connectivity index (χ2n) is 6.64. The fraction of sp³-hybridized carbons (Fsp3) is 0.286. The lowest BCUT2D eigenvalue weighted by molar-refractivity contribution is 0.0955. The molecule has 0 radical (unpaired) electrons. The number of ether oxygens (including phenoxy) is 1. The average molecular weight is 377 g/mol. The molecule has 3 heterocycles. The number of nitrogens with zero attached hydrogens (tertiary/aromatic N) is 4. The topological polar surface area (TPSA) is 73.4 Å². The molecule has 0 spiro atoms. The zero-order valence-corrected chi connectivity index (χ0v) is 15.8. The molecule has 3 aromatic heterocycles. The highest BCUT2D eigenvalue weighted by molar-refractivity contribution is 6.06. The number of aryl methyl sites for hydroxylation is 1. The Kier molecular flexibility index (Phi) is 5.34. The molecule has 144 valence electrons. The molecule has 0 bridgehead atoms. The first-order chi connectivity index (χ1) is 13.8. The van der Waals surface area contributed by atoms with Crippen LogP contribution in [0.25, 0.3) is 16.6 Å². The summed E-state index contributed by atoms with van der Waals surface area (Å²) < 4.78 is 9.23. The molecule has 0 saturated heterocycles. The third kappa shape index (κ3) is 3.61. The maximum atomic E-state index is 12.7. The van der Waals surface area contributed by atoms with Gasteiger partial charge in [0.15, 0.2) is 5.65 Å². The van der Waals surface area contributed by atoms with Gasteiger partial charge in [-0.3, -0.25) is 9.20 Å². The predicted octanol–water partition coefficient (Wildman–Crippen LogP) is 2.69. The number of rotatable bonds is 8. The van der Waals surface area contributed by atoms with Crippen LogP contribution in [0, 0.1) is 0 Å². The summed E-state index contributed by atoms with van der Waals surface area (Å²) in [5.41, 5.74) is 2.58. The van der Waals surface area contributed by atoms with E-state index < -0.39 is 0 Å². The van der Waals surface area contributed by atoms with Crippen molar-refractivity contribution in [1.29, 1.82) is 0 Å². The summed E-state index contributed by atoms with van der Waals surface area (Å²) in [5, 5.41) is 12.4. The van der Waals surface area contributed by atoms with E-state index in [1.165, 1.54) is 0 Å². The van der Waals surface area contributed by atoms with Crippen molar-refractivity contribution < 1.29 is 9.53 Å². The SMILES string of the molecule is COCCn1ccc2c(C(=O)NCCCc3nnc4ccccn34)cccc21. The van der Waals surface area contributed by atoms with Gasteiger partial charge in [-0.05, 0) is 36.8 Å². The first-order valence-corrected chi connectivity index (χ1v) is 9.41. The third-order valence-electron chi connectivity index (χ3n) is 4.84. The highest BCUT2D eigenvalue weighted by atomic mass is 16.5. The van der Waals surface area contributed by atoms with Gasteiger partial charge in [0.05, 0.1) is 6.61 Å². The number of benzene rings is 1. The molecule has 1 N–H and O–H groups in total. The minimum atomic E-state index is -0.0545. The van der Waals surface area contributed by atoms with Gasteiger partial charge in [-0.15, -0.1) is 10.2 Å². The Morgan fingerprint density at radius 3 is 2.93 bits per heavy atom. The van der Waals surface area contributed by atoms with Crippen molar-refractivity contribution in [2.45, 2.75) is 19.4 Å². The second kappa shape index (κ2) is 8.22. The van der Waals surface area contributed by atoms with Gasteiger partial charge in [0.2, 0.25) is 0 Å². The molecule has 28 heavy (non-hydrogen) atoms. The van der Waals surface area contributed by atoms with Crippen molar-refractivity contribution in [2.75, 3.05) is 20.3 Å². The number of methoxy groups -OCH3 is 1. The summed E-state index contributed by atoms with van der Waals surface area (Å²) in [5.74, 6) is 0.850. The van der Waals surface area contributed by atoms with Crippen molar-refractivity contribution >= 4 is 22.5 Å². The Morgan fingerprint density at radius 2 is 2.04 bits per heavy atom. The highest BCUT2D eigenvalue weighted by Crippen LogP contribution is 2.20. The smallest absolute Gasteiger partial charge is 0.251 e. The standard InChI is InChI=1S/C21H23N5O2/c1-28-15-14-25-13-10-16-17(6-4-7-18(16)25)21(27)22-11-5-9-20-24-23-19-8-2-3-12-26(19)20/h2-4,6-8,10,12-13H,5,9,11,14-15H2,1H3,(H,22,27). The number of carbonyl (C=O) groups is 1. The molecular formula is C21H23N5O2. The maximum absolute atomic E-state index is 12.7. The minimum absolute atomic E-state index is 0.0545. The Morgan fingerprint density at radius 1 is 1.11 bits per heavy atom. The number of pyridine rings is 1.